The number of hydrogen-bond donors (Lipinski definition) is 1. The second-order valence-corrected chi connectivity index (χ2v) is 7.09. The summed E-state index contributed by atoms with van der Waals surface area (Å²) < 4.78 is 13.2. The van der Waals surface area contributed by atoms with Crippen LogP contribution in [0.4, 0.5) is 15.8 Å². The van der Waals surface area contributed by atoms with E-state index in [4.69, 9.17) is 0 Å². The first-order chi connectivity index (χ1) is 12.9. The van der Waals surface area contributed by atoms with Crippen LogP contribution in [0, 0.1) is 5.82 Å². The Kier molecular flexibility index (Phi) is 5.41. The molecule has 1 aliphatic heterocycles. The van der Waals surface area contributed by atoms with E-state index in [0.717, 1.165) is 4.90 Å². The highest BCUT2D eigenvalue weighted by Crippen LogP contribution is 2.38. The van der Waals surface area contributed by atoms with Crippen molar-refractivity contribution >= 4 is 46.4 Å². The summed E-state index contributed by atoms with van der Waals surface area (Å²) in [6, 6.07) is 12.0. The van der Waals surface area contributed by atoms with E-state index in [9.17, 15) is 18.8 Å². The normalized spacial score (nSPS) is 14.1. The lowest BCUT2D eigenvalue weighted by Crippen LogP contribution is -2.31. The van der Waals surface area contributed by atoms with E-state index in [0.29, 0.717) is 33.2 Å². The molecule has 0 unspecified atom stereocenters. The molecule has 1 aliphatic rings. The van der Waals surface area contributed by atoms with Crippen molar-refractivity contribution in [2.45, 2.75) is 13.8 Å². The van der Waals surface area contributed by atoms with E-state index < -0.39 is 17.6 Å². The summed E-state index contributed by atoms with van der Waals surface area (Å²) in [6.07, 6.45) is 0. The number of anilines is 2. The number of imide groups is 1. The summed E-state index contributed by atoms with van der Waals surface area (Å²) in [7, 11) is 0. The number of nitrogens with zero attached hydrogens (tertiary/aromatic N) is 1. The molecule has 3 amide bonds. The quantitative estimate of drug-likeness (QED) is 0.796. The van der Waals surface area contributed by atoms with Crippen LogP contribution in [0.25, 0.3) is 5.57 Å². The smallest absolute Gasteiger partial charge is 0.272 e. The molecule has 2 aromatic rings. The molecular weight excluding hydrogens is 367 g/mol. The van der Waals surface area contributed by atoms with E-state index in [1.165, 1.54) is 43.0 Å². The number of amides is 3. The van der Waals surface area contributed by atoms with Crippen molar-refractivity contribution in [1.82, 2.24) is 0 Å². The average Bonchev–Trinajstić information content (AvgIpc) is 2.87. The lowest BCUT2D eigenvalue weighted by Gasteiger charge is -2.15. The van der Waals surface area contributed by atoms with E-state index in [-0.39, 0.29) is 5.91 Å². The fraction of sp³-hybridized carbons (Fsp3) is 0.150. The first kappa shape index (κ1) is 18.8. The predicted molar refractivity (Wildman–Crippen MR) is 105 cm³/mol. The minimum Gasteiger partial charge on any atom is -0.326 e. The molecule has 7 heteroatoms. The summed E-state index contributed by atoms with van der Waals surface area (Å²) in [5.41, 5.74) is 1.82. The molecule has 2 aromatic carbocycles. The molecule has 27 heavy (non-hydrogen) atoms. The lowest BCUT2D eigenvalue weighted by molar-refractivity contribution is -0.120. The maximum Gasteiger partial charge on any atom is 0.272 e. The molecule has 0 saturated heterocycles. The summed E-state index contributed by atoms with van der Waals surface area (Å²) in [5, 5.41) is 2.66. The molecule has 1 heterocycles. The molecule has 0 atom stereocenters. The van der Waals surface area contributed by atoms with Gasteiger partial charge in [0.25, 0.3) is 11.8 Å². The third kappa shape index (κ3) is 3.78. The van der Waals surface area contributed by atoms with Gasteiger partial charge in [0.1, 0.15) is 5.82 Å². The van der Waals surface area contributed by atoms with Crippen LogP contribution in [0.15, 0.2) is 53.4 Å². The molecule has 0 fully saturated rings. The van der Waals surface area contributed by atoms with Gasteiger partial charge in [-0.25, -0.2) is 9.29 Å². The minimum atomic E-state index is -0.449. The van der Waals surface area contributed by atoms with Crippen LogP contribution >= 0.6 is 11.8 Å². The van der Waals surface area contributed by atoms with Gasteiger partial charge in [0, 0.05) is 12.6 Å². The number of hydrogen-bond acceptors (Lipinski definition) is 4. The van der Waals surface area contributed by atoms with Gasteiger partial charge < -0.3 is 5.32 Å². The van der Waals surface area contributed by atoms with Gasteiger partial charge in [-0.05, 0) is 47.7 Å². The van der Waals surface area contributed by atoms with Crippen molar-refractivity contribution in [3.63, 3.8) is 0 Å². The van der Waals surface area contributed by atoms with E-state index in [1.807, 2.05) is 6.92 Å². The fourth-order valence-corrected chi connectivity index (χ4v) is 3.64. The number of benzene rings is 2. The first-order valence-corrected chi connectivity index (χ1v) is 9.30. The number of nitrogens with one attached hydrogen (secondary N) is 1. The minimum absolute atomic E-state index is 0.196. The molecular formula is C20H17FN2O3S. The summed E-state index contributed by atoms with van der Waals surface area (Å²) >= 11 is 1.29. The lowest BCUT2D eigenvalue weighted by atomic mass is 10.1. The first-order valence-electron chi connectivity index (χ1n) is 8.31. The maximum atomic E-state index is 13.2. The topological polar surface area (TPSA) is 66.5 Å². The van der Waals surface area contributed by atoms with Gasteiger partial charge in [-0.1, -0.05) is 19.1 Å². The zero-order valence-corrected chi connectivity index (χ0v) is 15.6. The Balaban J connectivity index is 2.00. The van der Waals surface area contributed by atoms with E-state index in [1.54, 1.807) is 24.3 Å². The Morgan fingerprint density at radius 2 is 1.67 bits per heavy atom. The fourth-order valence-electron chi connectivity index (χ4n) is 2.79. The molecule has 0 spiro atoms. The van der Waals surface area contributed by atoms with Gasteiger partial charge in [0.2, 0.25) is 5.91 Å². The van der Waals surface area contributed by atoms with Gasteiger partial charge >= 0.3 is 0 Å². The van der Waals surface area contributed by atoms with Crippen LogP contribution in [0.2, 0.25) is 0 Å². The molecule has 3 rings (SSSR count). The second kappa shape index (κ2) is 7.75. The largest absolute Gasteiger partial charge is 0.326 e. The SMILES string of the molecule is CCSC1=C(c2ccc(NC(C)=O)cc2)C(=O)N(c2ccc(F)cc2)C1=O. The summed E-state index contributed by atoms with van der Waals surface area (Å²) in [4.78, 5) is 38.5. The molecule has 0 aliphatic carbocycles. The van der Waals surface area contributed by atoms with Crippen LogP contribution < -0.4 is 10.2 Å². The Labute approximate surface area is 160 Å². The summed E-state index contributed by atoms with van der Waals surface area (Å²) in [5.74, 6) is -0.880. The van der Waals surface area contributed by atoms with Crippen LogP contribution in [-0.2, 0) is 14.4 Å². The van der Waals surface area contributed by atoms with Crippen LogP contribution in [-0.4, -0.2) is 23.5 Å². The molecule has 5 nitrogen and oxygen atoms in total. The zero-order valence-electron chi connectivity index (χ0n) is 14.8. The molecule has 0 bridgehead atoms. The van der Waals surface area contributed by atoms with Crippen molar-refractivity contribution in [1.29, 1.82) is 0 Å². The van der Waals surface area contributed by atoms with E-state index in [2.05, 4.69) is 5.32 Å². The van der Waals surface area contributed by atoms with Gasteiger partial charge in [-0.15, -0.1) is 11.8 Å². The monoisotopic (exact) mass is 384 g/mol. The van der Waals surface area contributed by atoms with Crippen molar-refractivity contribution < 1.29 is 18.8 Å². The van der Waals surface area contributed by atoms with Crippen molar-refractivity contribution in [3.8, 4) is 0 Å². The van der Waals surface area contributed by atoms with Crippen LogP contribution in [0.3, 0.4) is 0 Å². The van der Waals surface area contributed by atoms with Gasteiger partial charge in [0.05, 0.1) is 16.2 Å². The Bertz CT molecular complexity index is 937. The third-order valence-corrected chi connectivity index (χ3v) is 4.86. The summed E-state index contributed by atoms with van der Waals surface area (Å²) in [6.45, 7) is 3.31. The molecule has 138 valence electrons. The molecule has 1 N–H and O–H groups in total. The standard InChI is InChI=1S/C20H17FN2O3S/c1-3-27-18-17(13-4-8-15(9-5-13)22-12(2)24)19(25)23(20(18)26)16-10-6-14(21)7-11-16/h4-11H,3H2,1-2H3,(H,22,24). The van der Waals surface area contributed by atoms with Crippen LogP contribution in [0.1, 0.15) is 19.4 Å². The molecule has 0 aromatic heterocycles. The Morgan fingerprint density at radius 1 is 1.04 bits per heavy atom. The highest BCUT2D eigenvalue weighted by atomic mass is 32.2. The van der Waals surface area contributed by atoms with Gasteiger partial charge in [0.15, 0.2) is 0 Å². The van der Waals surface area contributed by atoms with Gasteiger partial charge in [-0.2, -0.15) is 0 Å². The highest BCUT2D eigenvalue weighted by Gasteiger charge is 2.39. The number of halogens is 1. The maximum absolute atomic E-state index is 13.2. The number of rotatable bonds is 5. The Hall–Kier alpha value is -2.93. The van der Waals surface area contributed by atoms with Crippen LogP contribution in [0.5, 0.6) is 0 Å². The van der Waals surface area contributed by atoms with Crippen molar-refractivity contribution in [3.05, 3.63) is 64.8 Å². The van der Waals surface area contributed by atoms with Crippen molar-refractivity contribution in [2.75, 3.05) is 16.0 Å². The van der Waals surface area contributed by atoms with Gasteiger partial charge in [-0.3, -0.25) is 14.4 Å². The number of carbonyl (C=O) groups excluding carboxylic acids is 3. The van der Waals surface area contributed by atoms with Crippen molar-refractivity contribution in [2.24, 2.45) is 0 Å². The average molecular weight is 384 g/mol. The highest BCUT2D eigenvalue weighted by molar-refractivity contribution is 8.04. The predicted octanol–water partition coefficient (Wildman–Crippen LogP) is 3.82. The Morgan fingerprint density at radius 3 is 2.22 bits per heavy atom. The van der Waals surface area contributed by atoms with E-state index >= 15 is 0 Å². The zero-order chi connectivity index (χ0) is 19.6. The third-order valence-electron chi connectivity index (χ3n) is 3.91. The number of carbonyl (C=O) groups is 3. The molecule has 0 radical (unpaired) electrons. The second-order valence-electron chi connectivity index (χ2n) is 5.82. The molecule has 0 saturated carbocycles. The number of thioether (sulfide) groups is 1.